The maximum Gasteiger partial charge on any atom is 0.312 e. The molecule has 354 valence electrons. The van der Waals surface area contributed by atoms with Crippen LogP contribution in [0.5, 0.6) is 11.5 Å². The van der Waals surface area contributed by atoms with Crippen LogP contribution in [0, 0.1) is 26.2 Å². The minimum absolute atomic E-state index is 0.00842. The number of amides is 1. The molecule has 2 atom stereocenters. The van der Waals surface area contributed by atoms with Gasteiger partial charge in [-0.1, -0.05) is 24.3 Å². The van der Waals surface area contributed by atoms with E-state index in [1.165, 1.54) is 36.2 Å². The molecule has 3 aromatic heterocycles. The van der Waals surface area contributed by atoms with Gasteiger partial charge in [-0.25, -0.2) is 27.3 Å². The van der Waals surface area contributed by atoms with Gasteiger partial charge >= 0.3 is 5.69 Å². The molecule has 2 aromatic carbocycles. The van der Waals surface area contributed by atoms with E-state index in [4.69, 9.17) is 9.52 Å². The summed E-state index contributed by atoms with van der Waals surface area (Å²) in [6, 6.07) is 18.5. The Hall–Kier alpha value is -5.63. The highest BCUT2D eigenvalue weighted by Crippen LogP contribution is 2.54. The number of nitrogens with one attached hydrogen (secondary N) is 4. The Bertz CT molecular complexity index is 2930. The van der Waals surface area contributed by atoms with E-state index < -0.39 is 46.8 Å². The second-order valence-electron chi connectivity index (χ2n) is 19.8. The van der Waals surface area contributed by atoms with Gasteiger partial charge in [0.25, 0.3) is 15.9 Å². The van der Waals surface area contributed by atoms with Crippen molar-refractivity contribution in [2.75, 3.05) is 47.9 Å². The lowest BCUT2D eigenvalue weighted by molar-refractivity contribution is -0.384. The highest BCUT2D eigenvalue weighted by Gasteiger charge is 2.50. The molecule has 1 unspecified atom stereocenters. The van der Waals surface area contributed by atoms with Crippen LogP contribution < -0.4 is 19.7 Å². The number of aliphatic hydroxyl groups is 1. The quantitative estimate of drug-likeness (QED) is 0.0559. The first-order valence-corrected chi connectivity index (χ1v) is 26.7. The van der Waals surface area contributed by atoms with E-state index >= 15 is 0 Å². The summed E-state index contributed by atoms with van der Waals surface area (Å²) in [6.07, 6.45) is 13.3. The molecule has 19 heteroatoms. The SMILES string of the molecule is C[C@]1(O)CC[C@H](CNc2ncc(S(=O)(=O)NC(=O)c3ccc(N4CCC5(CC4)CC(N4CCS(=N)(=O)C[C@@H]4c4ccccc4C4CC4)C5)cc3Oc3cnc4[nH]ccc4c3)cc2[N+](=O)[O-])CC1. The fourth-order valence-corrected chi connectivity index (χ4v) is 13.4. The van der Waals surface area contributed by atoms with Crippen molar-refractivity contribution in [1.29, 1.82) is 4.78 Å². The normalized spacial score (nSPS) is 25.7. The van der Waals surface area contributed by atoms with Crippen LogP contribution >= 0.6 is 0 Å². The third-order valence-corrected chi connectivity index (χ3v) is 18.0. The molecule has 5 aromatic rings. The molecule has 10 rings (SSSR count). The molecule has 67 heavy (non-hydrogen) atoms. The zero-order valence-corrected chi connectivity index (χ0v) is 39.1. The summed E-state index contributed by atoms with van der Waals surface area (Å²) in [4.78, 5) is 41.2. The summed E-state index contributed by atoms with van der Waals surface area (Å²) < 4.78 is 57.7. The van der Waals surface area contributed by atoms with E-state index in [9.17, 15) is 32.6 Å². The fourth-order valence-electron chi connectivity index (χ4n) is 10.9. The van der Waals surface area contributed by atoms with E-state index in [0.717, 1.165) is 75.0 Å². The van der Waals surface area contributed by atoms with Gasteiger partial charge in [0.1, 0.15) is 22.0 Å². The zero-order valence-electron chi connectivity index (χ0n) is 37.5. The molecule has 1 amide bonds. The van der Waals surface area contributed by atoms with Gasteiger partial charge in [0.15, 0.2) is 0 Å². The van der Waals surface area contributed by atoms with Gasteiger partial charge in [0.05, 0.1) is 34.2 Å². The molecule has 5 aliphatic rings. The first-order chi connectivity index (χ1) is 32.0. The lowest BCUT2D eigenvalue weighted by Crippen LogP contribution is -2.58. The highest BCUT2D eigenvalue weighted by atomic mass is 32.2. The van der Waals surface area contributed by atoms with Crippen LogP contribution in [-0.4, -0.2) is 97.7 Å². The number of ether oxygens (including phenoxy) is 1. The number of sulfonamides is 1. The maximum absolute atomic E-state index is 14.0. The van der Waals surface area contributed by atoms with Gasteiger partial charge < -0.3 is 25.0 Å². The van der Waals surface area contributed by atoms with E-state index in [1.807, 2.05) is 6.07 Å². The van der Waals surface area contributed by atoms with Crippen LogP contribution in [0.1, 0.15) is 105 Å². The zero-order chi connectivity index (χ0) is 46.7. The standard InChI is InChI=1S/C48H57N9O8S2/c1-47(59)13-10-31(11-14-47)27-51-45-41(57(60)61)24-37(29-53-45)67(63,64)54-46(58)40-9-8-34(23-43(40)65-36-22-33-12-17-50-44(33)52-28-36)55-18-15-48(16-19-55)25-35(26-48)56-20-21-66(49,62)30-42(56)39-5-3-2-4-38(39)32-6-7-32/h2-5,8-9,12,17,22-24,28-29,31-32,35,42,49,59H,6-7,10-11,13-16,18-21,25-27,30H2,1H3,(H,50,52)(H,51,53)(H,54,58)/t31-,42-,47-,66?/m1/s1. The number of nitro groups is 1. The monoisotopic (exact) mass is 951 g/mol. The number of aromatic amines is 1. The number of hydrogen-bond donors (Lipinski definition) is 5. The molecule has 3 saturated carbocycles. The molecule has 5 fully saturated rings. The summed E-state index contributed by atoms with van der Waals surface area (Å²) in [5.41, 5.74) is 2.88. The summed E-state index contributed by atoms with van der Waals surface area (Å²) in [6.45, 7) is 4.35. The predicted octanol–water partition coefficient (Wildman–Crippen LogP) is 7.86. The van der Waals surface area contributed by atoms with Crippen LogP contribution in [0.25, 0.3) is 11.0 Å². The van der Waals surface area contributed by atoms with Gasteiger partial charge in [-0.3, -0.25) is 24.6 Å². The molecule has 3 aliphatic carbocycles. The maximum atomic E-state index is 14.0. The van der Waals surface area contributed by atoms with Crippen molar-refractivity contribution in [2.45, 2.75) is 99.6 Å². The van der Waals surface area contributed by atoms with E-state index in [0.29, 0.717) is 60.8 Å². The van der Waals surface area contributed by atoms with Crippen molar-refractivity contribution in [3.63, 3.8) is 0 Å². The van der Waals surface area contributed by atoms with Crippen molar-refractivity contribution in [3.8, 4) is 11.5 Å². The number of fused-ring (bicyclic) bond motifs is 1. The van der Waals surface area contributed by atoms with Crippen LogP contribution in [-0.2, 0) is 19.8 Å². The first-order valence-electron chi connectivity index (χ1n) is 23.3. The Morgan fingerprint density at radius 1 is 1.00 bits per heavy atom. The van der Waals surface area contributed by atoms with Gasteiger partial charge in [-0.2, -0.15) is 0 Å². The largest absolute Gasteiger partial charge is 0.455 e. The molecule has 2 saturated heterocycles. The lowest BCUT2D eigenvalue weighted by Gasteiger charge is -2.57. The molecular weight excluding hydrogens is 895 g/mol. The van der Waals surface area contributed by atoms with Gasteiger partial charge in [0.2, 0.25) is 5.82 Å². The molecule has 0 radical (unpaired) electrons. The summed E-state index contributed by atoms with van der Waals surface area (Å²) in [5, 5.41) is 26.2. The molecule has 2 aliphatic heterocycles. The number of aromatic nitrogens is 3. The van der Waals surface area contributed by atoms with E-state index in [2.05, 4.69) is 59.1 Å². The molecule has 0 bridgehead atoms. The Labute approximate surface area is 390 Å². The number of nitrogens with zero attached hydrogens (tertiary/aromatic N) is 5. The van der Waals surface area contributed by atoms with Crippen molar-refractivity contribution >= 4 is 53.9 Å². The van der Waals surface area contributed by atoms with E-state index in [1.54, 1.807) is 31.3 Å². The lowest BCUT2D eigenvalue weighted by atomic mass is 9.59. The predicted molar refractivity (Wildman–Crippen MR) is 255 cm³/mol. The number of hydrogen-bond acceptors (Lipinski definition) is 14. The third kappa shape index (κ3) is 9.60. The topological polar surface area (TPSA) is 237 Å². The number of benzene rings is 2. The number of carbonyl (C=O) groups is 1. The van der Waals surface area contributed by atoms with Gasteiger partial charge in [-0.05, 0) is 124 Å². The van der Waals surface area contributed by atoms with Crippen LogP contribution in [0.4, 0.5) is 17.2 Å². The average molecular weight is 952 g/mol. The van der Waals surface area contributed by atoms with Gasteiger partial charge in [-0.15, -0.1) is 0 Å². The van der Waals surface area contributed by atoms with Crippen molar-refractivity contribution in [1.82, 2.24) is 24.6 Å². The Morgan fingerprint density at radius 2 is 1.75 bits per heavy atom. The van der Waals surface area contributed by atoms with Crippen molar-refractivity contribution < 1.29 is 32.2 Å². The fraction of sp³-hybridized carbons (Fsp3) is 0.479. The third-order valence-electron chi connectivity index (χ3n) is 15.0. The number of pyridine rings is 2. The minimum Gasteiger partial charge on any atom is -0.455 e. The molecule has 5 N–H and O–H groups in total. The van der Waals surface area contributed by atoms with Crippen molar-refractivity contribution in [2.24, 2.45) is 11.3 Å². The Balaban J connectivity index is 0.840. The van der Waals surface area contributed by atoms with Crippen LogP contribution in [0.15, 0.2) is 84.1 Å². The molecule has 17 nitrogen and oxygen atoms in total. The second-order valence-corrected chi connectivity index (χ2v) is 23.9. The van der Waals surface area contributed by atoms with E-state index in [-0.39, 0.29) is 34.5 Å². The minimum atomic E-state index is -4.65. The average Bonchev–Trinajstić information content (AvgIpc) is 4.04. The second kappa shape index (κ2) is 17.5. The van der Waals surface area contributed by atoms with Crippen molar-refractivity contribution in [3.05, 3.63) is 106 Å². The highest BCUT2D eigenvalue weighted by molar-refractivity contribution is 7.92. The number of H-pyrrole nitrogens is 1. The Morgan fingerprint density at radius 3 is 2.48 bits per heavy atom. The number of anilines is 2. The van der Waals surface area contributed by atoms with Crippen LogP contribution in [0.3, 0.4) is 0 Å². The summed E-state index contributed by atoms with van der Waals surface area (Å²) in [5.74, 6) is 0.860. The van der Waals surface area contributed by atoms with Crippen LogP contribution in [0.2, 0.25) is 0 Å². The summed E-state index contributed by atoms with van der Waals surface area (Å²) >= 11 is 0. The number of piperidine rings is 1. The smallest absolute Gasteiger partial charge is 0.312 e. The first kappa shape index (κ1) is 45.2. The number of carbonyl (C=O) groups excluding carboxylic acids is 1. The molecule has 5 heterocycles. The molecular formula is C48H57N9O8S2. The Kier molecular flexibility index (Phi) is 11.8. The molecule has 1 spiro atoms. The van der Waals surface area contributed by atoms with Gasteiger partial charge in [0, 0.05) is 83.1 Å². The summed E-state index contributed by atoms with van der Waals surface area (Å²) in [7, 11) is -7.30. The number of rotatable bonds is 13.